The van der Waals surface area contributed by atoms with Crippen molar-refractivity contribution in [3.05, 3.63) is 54.1 Å². The largest absolute Gasteiger partial charge is 0.382 e. The zero-order valence-corrected chi connectivity index (χ0v) is 18.9. The van der Waals surface area contributed by atoms with Crippen molar-refractivity contribution in [2.75, 3.05) is 50.0 Å². The number of benzene rings is 1. The molecular formula is C24H33FN6O. The molecule has 2 fully saturated rings. The molecule has 7 nitrogen and oxygen atoms in total. The summed E-state index contributed by atoms with van der Waals surface area (Å²) >= 11 is 0. The summed E-state index contributed by atoms with van der Waals surface area (Å²) in [5.41, 5.74) is 2.61. The molecule has 0 aliphatic carbocycles. The number of piperidine rings is 1. The highest BCUT2D eigenvalue weighted by atomic mass is 19.1. The molecule has 2 aliphatic heterocycles. The van der Waals surface area contributed by atoms with Crippen molar-refractivity contribution in [3.8, 4) is 0 Å². The van der Waals surface area contributed by atoms with Crippen molar-refractivity contribution in [1.29, 1.82) is 0 Å². The lowest BCUT2D eigenvalue weighted by Gasteiger charge is -2.35. The molecule has 1 atom stereocenters. The van der Waals surface area contributed by atoms with Crippen molar-refractivity contribution in [2.45, 2.75) is 38.4 Å². The van der Waals surface area contributed by atoms with Crippen LogP contribution in [0.25, 0.3) is 0 Å². The van der Waals surface area contributed by atoms with Crippen LogP contribution in [0.15, 0.2) is 42.6 Å². The molecule has 3 heterocycles. The molecular weight excluding hydrogens is 407 g/mol. The fraction of sp³-hybridized carbons (Fsp3) is 0.500. The minimum absolute atomic E-state index is 0.0142. The number of pyridine rings is 1. The number of halogens is 1. The van der Waals surface area contributed by atoms with E-state index in [4.69, 9.17) is 0 Å². The Balaban J connectivity index is 1.27. The van der Waals surface area contributed by atoms with E-state index in [0.717, 1.165) is 56.1 Å². The first kappa shape index (κ1) is 22.5. The number of carbonyl (C=O) groups is 1. The van der Waals surface area contributed by atoms with Crippen molar-refractivity contribution in [3.63, 3.8) is 0 Å². The Morgan fingerprint density at radius 2 is 2.06 bits per heavy atom. The first-order valence-corrected chi connectivity index (χ1v) is 11.4. The quantitative estimate of drug-likeness (QED) is 0.748. The maximum Gasteiger partial charge on any atom is 0.324 e. The summed E-state index contributed by atoms with van der Waals surface area (Å²) in [6.07, 6.45) is 3.45. The third kappa shape index (κ3) is 5.75. The molecule has 1 aromatic carbocycles. The van der Waals surface area contributed by atoms with Crippen LogP contribution >= 0.6 is 0 Å². The maximum absolute atomic E-state index is 13.4. The lowest BCUT2D eigenvalue weighted by molar-refractivity contribution is 0.191. The topological polar surface area (TPSA) is 63.7 Å². The molecule has 0 unspecified atom stereocenters. The second kappa shape index (κ2) is 10.3. The number of anilines is 2. The number of urea groups is 1. The van der Waals surface area contributed by atoms with Gasteiger partial charge in [-0.1, -0.05) is 6.07 Å². The SMILES string of the molecule is C[C@H]1CN(Cc2ccc(N(C)C(=O)N3CCC(Nc4cccc(F)c4)CC3)cn2)CCN1. The van der Waals surface area contributed by atoms with Crippen molar-refractivity contribution in [2.24, 2.45) is 0 Å². The van der Waals surface area contributed by atoms with E-state index in [9.17, 15) is 9.18 Å². The number of nitrogens with one attached hydrogen (secondary N) is 2. The van der Waals surface area contributed by atoms with Crippen molar-refractivity contribution >= 4 is 17.4 Å². The molecule has 2 amide bonds. The number of nitrogens with zero attached hydrogens (tertiary/aromatic N) is 4. The van der Waals surface area contributed by atoms with E-state index in [1.165, 1.54) is 12.1 Å². The molecule has 2 aliphatic rings. The lowest BCUT2D eigenvalue weighted by Crippen LogP contribution is -2.48. The Hall–Kier alpha value is -2.71. The van der Waals surface area contributed by atoms with Gasteiger partial charge in [0.05, 0.1) is 17.6 Å². The smallest absolute Gasteiger partial charge is 0.324 e. The van der Waals surface area contributed by atoms with Gasteiger partial charge in [0.25, 0.3) is 0 Å². The van der Waals surface area contributed by atoms with Crippen LogP contribution in [0.1, 0.15) is 25.5 Å². The zero-order chi connectivity index (χ0) is 22.5. The number of hydrogen-bond acceptors (Lipinski definition) is 5. The minimum atomic E-state index is -0.244. The average Bonchev–Trinajstić information content (AvgIpc) is 2.79. The monoisotopic (exact) mass is 440 g/mol. The average molecular weight is 441 g/mol. The molecule has 0 bridgehead atoms. The Kier molecular flexibility index (Phi) is 7.22. The third-order valence-corrected chi connectivity index (χ3v) is 6.28. The molecule has 8 heteroatoms. The third-order valence-electron chi connectivity index (χ3n) is 6.28. The van der Waals surface area contributed by atoms with Gasteiger partial charge in [-0.2, -0.15) is 0 Å². The van der Waals surface area contributed by atoms with Crippen molar-refractivity contribution < 1.29 is 9.18 Å². The number of piperazine rings is 1. The van der Waals surface area contributed by atoms with Crippen LogP contribution in [0, 0.1) is 5.82 Å². The van der Waals surface area contributed by atoms with E-state index in [1.54, 1.807) is 24.2 Å². The summed E-state index contributed by atoms with van der Waals surface area (Å²) in [6.45, 7) is 7.41. The second-order valence-corrected chi connectivity index (χ2v) is 8.86. The number of carbonyl (C=O) groups excluding carboxylic acids is 1. The van der Waals surface area contributed by atoms with Gasteiger partial charge in [-0.3, -0.25) is 14.8 Å². The van der Waals surface area contributed by atoms with Gasteiger partial charge in [0.2, 0.25) is 0 Å². The Morgan fingerprint density at radius 3 is 2.75 bits per heavy atom. The Bertz CT molecular complexity index is 900. The van der Waals surface area contributed by atoms with Gasteiger partial charge >= 0.3 is 6.03 Å². The van der Waals surface area contributed by atoms with Gasteiger partial charge in [-0.15, -0.1) is 0 Å². The van der Waals surface area contributed by atoms with Crippen LogP contribution in [0.3, 0.4) is 0 Å². The summed E-state index contributed by atoms with van der Waals surface area (Å²) in [5.74, 6) is -0.244. The van der Waals surface area contributed by atoms with Crippen LogP contribution in [0.5, 0.6) is 0 Å². The Labute approximate surface area is 189 Å². The zero-order valence-electron chi connectivity index (χ0n) is 18.9. The number of rotatable bonds is 5. The van der Waals surface area contributed by atoms with Crippen molar-refractivity contribution in [1.82, 2.24) is 20.1 Å². The Morgan fingerprint density at radius 1 is 1.25 bits per heavy atom. The maximum atomic E-state index is 13.4. The first-order valence-electron chi connectivity index (χ1n) is 11.4. The summed E-state index contributed by atoms with van der Waals surface area (Å²) < 4.78 is 13.4. The highest BCUT2D eigenvalue weighted by Crippen LogP contribution is 2.20. The first-order chi connectivity index (χ1) is 15.5. The predicted molar refractivity (Wildman–Crippen MR) is 125 cm³/mol. The van der Waals surface area contributed by atoms with E-state index < -0.39 is 0 Å². The fourth-order valence-electron chi connectivity index (χ4n) is 4.45. The number of amides is 2. The molecule has 2 saturated heterocycles. The van der Waals surface area contributed by atoms with Crippen LogP contribution in [-0.2, 0) is 6.54 Å². The van der Waals surface area contributed by atoms with Crippen LogP contribution in [-0.4, -0.2) is 72.7 Å². The van der Waals surface area contributed by atoms with Crippen LogP contribution < -0.4 is 15.5 Å². The minimum Gasteiger partial charge on any atom is -0.382 e. The van der Waals surface area contributed by atoms with Gasteiger partial charge < -0.3 is 15.5 Å². The van der Waals surface area contributed by atoms with Gasteiger partial charge in [0, 0.05) is 64.1 Å². The molecule has 32 heavy (non-hydrogen) atoms. The van der Waals surface area contributed by atoms with Crippen LogP contribution in [0.4, 0.5) is 20.6 Å². The summed E-state index contributed by atoms with van der Waals surface area (Å²) in [6, 6.07) is 11.2. The standard InChI is InChI=1S/C24H33FN6O/c1-18-16-30(13-10-26-18)17-22-6-7-23(15-27-22)29(2)24(32)31-11-8-20(9-12-31)28-21-5-3-4-19(25)14-21/h3-7,14-15,18,20,26,28H,8-13,16-17H2,1-2H3/t18-/m0/s1. The molecule has 172 valence electrons. The lowest BCUT2D eigenvalue weighted by atomic mass is 10.0. The fourth-order valence-corrected chi connectivity index (χ4v) is 4.45. The number of aromatic nitrogens is 1. The molecule has 0 spiro atoms. The predicted octanol–water partition coefficient (Wildman–Crippen LogP) is 3.15. The second-order valence-electron chi connectivity index (χ2n) is 8.86. The summed E-state index contributed by atoms with van der Waals surface area (Å²) in [4.78, 5) is 23.5. The van der Waals surface area contributed by atoms with E-state index in [2.05, 4.69) is 27.4 Å². The number of hydrogen-bond donors (Lipinski definition) is 2. The van der Waals surface area contributed by atoms with Crippen LogP contribution in [0.2, 0.25) is 0 Å². The molecule has 0 saturated carbocycles. The summed E-state index contributed by atoms with van der Waals surface area (Å²) in [7, 11) is 1.80. The van der Waals surface area contributed by atoms with Gasteiger partial charge in [-0.05, 0) is 50.1 Å². The van der Waals surface area contributed by atoms with E-state index in [0.29, 0.717) is 19.1 Å². The molecule has 2 N–H and O–H groups in total. The molecule has 2 aromatic rings. The van der Waals surface area contributed by atoms with E-state index in [-0.39, 0.29) is 17.9 Å². The van der Waals surface area contributed by atoms with Gasteiger partial charge in [-0.25, -0.2) is 9.18 Å². The van der Waals surface area contributed by atoms with Gasteiger partial charge in [0.1, 0.15) is 5.82 Å². The number of likely N-dealkylation sites (tertiary alicyclic amines) is 1. The molecule has 0 radical (unpaired) electrons. The van der Waals surface area contributed by atoms with E-state index in [1.807, 2.05) is 23.1 Å². The normalized spacial score (nSPS) is 20.2. The molecule has 1 aromatic heterocycles. The summed E-state index contributed by atoms with van der Waals surface area (Å²) in [5, 5.41) is 6.83. The van der Waals surface area contributed by atoms with E-state index >= 15 is 0 Å². The van der Waals surface area contributed by atoms with Gasteiger partial charge in [0.15, 0.2) is 0 Å². The molecule has 4 rings (SSSR count). The highest BCUT2D eigenvalue weighted by Gasteiger charge is 2.26. The highest BCUT2D eigenvalue weighted by molar-refractivity contribution is 5.91.